The zero-order valence-electron chi connectivity index (χ0n) is 12.4. The third-order valence-electron chi connectivity index (χ3n) is 2.50. The van der Waals surface area contributed by atoms with E-state index in [0.717, 1.165) is 39.0 Å². The van der Waals surface area contributed by atoms with E-state index < -0.39 is 0 Å². The molecule has 0 saturated heterocycles. The summed E-state index contributed by atoms with van der Waals surface area (Å²) in [5.41, 5.74) is 5.38. The van der Waals surface area contributed by atoms with Gasteiger partial charge in [-0.15, -0.1) is 0 Å². The molecule has 2 N–H and O–H groups in total. The average molecular weight is 277 g/mol. The first-order chi connectivity index (χ1) is 9.41. The van der Waals surface area contributed by atoms with Gasteiger partial charge in [-0.2, -0.15) is 0 Å². The Morgan fingerprint density at radius 3 is 1.42 bits per heavy atom. The van der Waals surface area contributed by atoms with Crippen LogP contribution in [0.4, 0.5) is 0 Å². The van der Waals surface area contributed by atoms with Gasteiger partial charge in [0.15, 0.2) is 0 Å². The van der Waals surface area contributed by atoms with E-state index in [1.807, 2.05) is 0 Å². The molecule has 0 atom stereocenters. The van der Waals surface area contributed by atoms with Gasteiger partial charge in [0.05, 0.1) is 39.6 Å². The van der Waals surface area contributed by atoms with Crippen LogP contribution in [0.5, 0.6) is 0 Å². The zero-order chi connectivity index (χ0) is 14.0. The lowest BCUT2D eigenvalue weighted by atomic mass is 10.3. The van der Waals surface area contributed by atoms with Gasteiger partial charge < -0.3 is 24.7 Å². The quantitative estimate of drug-likeness (QED) is 0.434. The molecule has 0 aromatic rings. The Morgan fingerprint density at radius 1 is 0.579 bits per heavy atom. The largest absolute Gasteiger partial charge is 0.379 e. The molecule has 0 aromatic heterocycles. The SMILES string of the molecule is CCCCOCCOCCOCCOCCCCN. The first-order valence-corrected chi connectivity index (χ1v) is 7.42. The van der Waals surface area contributed by atoms with Crippen LogP contribution in [-0.4, -0.2) is 59.4 Å². The Bertz CT molecular complexity index is 142. The van der Waals surface area contributed by atoms with Crippen LogP contribution in [0.1, 0.15) is 32.6 Å². The molecule has 116 valence electrons. The predicted molar refractivity (Wildman–Crippen MR) is 76.5 cm³/mol. The van der Waals surface area contributed by atoms with Gasteiger partial charge in [-0.25, -0.2) is 0 Å². The van der Waals surface area contributed by atoms with Crippen LogP contribution in [0.15, 0.2) is 0 Å². The second-order valence-electron chi connectivity index (χ2n) is 4.30. The maximum atomic E-state index is 5.38. The minimum atomic E-state index is 0.612. The molecule has 5 heteroatoms. The van der Waals surface area contributed by atoms with Gasteiger partial charge >= 0.3 is 0 Å². The number of hydrogen-bond donors (Lipinski definition) is 1. The first kappa shape index (κ1) is 18.8. The van der Waals surface area contributed by atoms with Crippen molar-refractivity contribution in [2.45, 2.75) is 32.6 Å². The minimum Gasteiger partial charge on any atom is -0.379 e. The molecule has 0 unspecified atom stereocenters. The normalized spacial score (nSPS) is 11.1. The Hall–Kier alpha value is -0.200. The van der Waals surface area contributed by atoms with E-state index >= 15 is 0 Å². The molecule has 0 radical (unpaired) electrons. The maximum Gasteiger partial charge on any atom is 0.0701 e. The summed E-state index contributed by atoms with van der Waals surface area (Å²) in [6, 6.07) is 0. The van der Waals surface area contributed by atoms with Crippen LogP contribution in [0.25, 0.3) is 0 Å². The van der Waals surface area contributed by atoms with E-state index in [1.165, 1.54) is 6.42 Å². The van der Waals surface area contributed by atoms with E-state index in [4.69, 9.17) is 24.7 Å². The fraction of sp³-hybridized carbons (Fsp3) is 1.00. The molecule has 0 saturated carbocycles. The van der Waals surface area contributed by atoms with Gasteiger partial charge in [-0.3, -0.25) is 0 Å². The molecule has 0 aromatic carbocycles. The lowest BCUT2D eigenvalue weighted by molar-refractivity contribution is -0.00231. The first-order valence-electron chi connectivity index (χ1n) is 7.42. The summed E-state index contributed by atoms with van der Waals surface area (Å²) < 4.78 is 21.5. The van der Waals surface area contributed by atoms with Crippen molar-refractivity contribution >= 4 is 0 Å². The van der Waals surface area contributed by atoms with Crippen molar-refractivity contribution in [1.82, 2.24) is 0 Å². The predicted octanol–water partition coefficient (Wildman–Crippen LogP) is 1.59. The van der Waals surface area contributed by atoms with Crippen molar-refractivity contribution in [3.05, 3.63) is 0 Å². The van der Waals surface area contributed by atoms with Crippen molar-refractivity contribution in [2.75, 3.05) is 59.4 Å². The number of rotatable bonds is 16. The van der Waals surface area contributed by atoms with Gasteiger partial charge in [0.2, 0.25) is 0 Å². The highest BCUT2D eigenvalue weighted by molar-refractivity contribution is 4.39. The van der Waals surface area contributed by atoms with Gasteiger partial charge in [0.1, 0.15) is 0 Å². The fourth-order valence-corrected chi connectivity index (χ4v) is 1.36. The molecule has 0 aliphatic rings. The molecule has 0 bridgehead atoms. The van der Waals surface area contributed by atoms with Crippen molar-refractivity contribution in [1.29, 1.82) is 0 Å². The maximum absolute atomic E-state index is 5.38. The Morgan fingerprint density at radius 2 is 1.00 bits per heavy atom. The summed E-state index contributed by atoms with van der Waals surface area (Å²) in [5, 5.41) is 0. The highest BCUT2D eigenvalue weighted by Gasteiger charge is 1.92. The zero-order valence-corrected chi connectivity index (χ0v) is 12.4. The highest BCUT2D eigenvalue weighted by Crippen LogP contribution is 1.89. The Kier molecular flexibility index (Phi) is 17.6. The molecular weight excluding hydrogens is 246 g/mol. The minimum absolute atomic E-state index is 0.612. The van der Waals surface area contributed by atoms with Crippen LogP contribution in [-0.2, 0) is 18.9 Å². The molecule has 19 heavy (non-hydrogen) atoms. The van der Waals surface area contributed by atoms with Crippen LogP contribution >= 0.6 is 0 Å². The molecule has 5 nitrogen and oxygen atoms in total. The topological polar surface area (TPSA) is 62.9 Å². The molecule has 0 rings (SSSR count). The van der Waals surface area contributed by atoms with E-state index in [1.54, 1.807) is 0 Å². The lowest BCUT2D eigenvalue weighted by Crippen LogP contribution is -2.12. The van der Waals surface area contributed by atoms with Crippen molar-refractivity contribution in [3.63, 3.8) is 0 Å². The smallest absolute Gasteiger partial charge is 0.0701 e. The lowest BCUT2D eigenvalue weighted by Gasteiger charge is -2.07. The second-order valence-corrected chi connectivity index (χ2v) is 4.30. The third kappa shape index (κ3) is 17.8. The standard InChI is InChI=1S/C14H31NO4/c1-2-3-7-16-9-11-18-13-14-19-12-10-17-8-5-4-6-15/h2-15H2,1H3. The number of nitrogens with two attached hydrogens (primary N) is 1. The van der Waals surface area contributed by atoms with E-state index in [9.17, 15) is 0 Å². The van der Waals surface area contributed by atoms with Crippen LogP contribution in [0.3, 0.4) is 0 Å². The van der Waals surface area contributed by atoms with Crippen molar-refractivity contribution in [3.8, 4) is 0 Å². The number of hydrogen-bond acceptors (Lipinski definition) is 5. The van der Waals surface area contributed by atoms with E-state index in [2.05, 4.69) is 6.92 Å². The molecule has 0 spiro atoms. The van der Waals surface area contributed by atoms with E-state index in [0.29, 0.717) is 39.6 Å². The average Bonchev–Trinajstić information content (AvgIpc) is 2.43. The van der Waals surface area contributed by atoms with Gasteiger partial charge in [0, 0.05) is 13.2 Å². The van der Waals surface area contributed by atoms with Crippen LogP contribution in [0, 0.1) is 0 Å². The third-order valence-corrected chi connectivity index (χ3v) is 2.50. The summed E-state index contributed by atoms with van der Waals surface area (Å²) >= 11 is 0. The van der Waals surface area contributed by atoms with Crippen LogP contribution < -0.4 is 5.73 Å². The number of ether oxygens (including phenoxy) is 4. The van der Waals surface area contributed by atoms with Gasteiger partial charge in [-0.05, 0) is 25.8 Å². The Labute approximate surface area is 117 Å². The molecule has 0 heterocycles. The molecule has 0 amide bonds. The highest BCUT2D eigenvalue weighted by atomic mass is 16.6. The van der Waals surface area contributed by atoms with Gasteiger partial charge in [-0.1, -0.05) is 13.3 Å². The Balaban J connectivity index is 2.88. The van der Waals surface area contributed by atoms with Crippen molar-refractivity contribution in [2.24, 2.45) is 5.73 Å². The fourth-order valence-electron chi connectivity index (χ4n) is 1.36. The summed E-state index contributed by atoms with van der Waals surface area (Å²) in [7, 11) is 0. The molecule has 0 fully saturated rings. The van der Waals surface area contributed by atoms with Crippen LogP contribution in [0.2, 0.25) is 0 Å². The molecular formula is C14H31NO4. The summed E-state index contributed by atoms with van der Waals surface area (Å²) in [4.78, 5) is 0. The summed E-state index contributed by atoms with van der Waals surface area (Å²) in [6.07, 6.45) is 4.34. The number of unbranched alkanes of at least 4 members (excludes halogenated alkanes) is 2. The molecule has 0 aliphatic heterocycles. The second kappa shape index (κ2) is 17.8. The molecule has 0 aliphatic carbocycles. The van der Waals surface area contributed by atoms with Gasteiger partial charge in [0.25, 0.3) is 0 Å². The summed E-state index contributed by atoms with van der Waals surface area (Å²) in [6.45, 7) is 8.30. The van der Waals surface area contributed by atoms with Crippen molar-refractivity contribution < 1.29 is 18.9 Å². The monoisotopic (exact) mass is 277 g/mol. The van der Waals surface area contributed by atoms with E-state index in [-0.39, 0.29) is 0 Å². The summed E-state index contributed by atoms with van der Waals surface area (Å²) in [5.74, 6) is 0.